The Morgan fingerprint density at radius 1 is 1.21 bits per heavy atom. The number of carbonyl (C=O) groups excluding carboxylic acids is 2. The molecule has 0 spiro atoms. The van der Waals surface area contributed by atoms with Crippen LogP contribution in [0.3, 0.4) is 0 Å². The highest BCUT2D eigenvalue weighted by Gasteiger charge is 2.18. The van der Waals surface area contributed by atoms with Gasteiger partial charge in [0.2, 0.25) is 5.12 Å². The zero-order chi connectivity index (χ0) is 17.4. The molecule has 24 heavy (non-hydrogen) atoms. The Morgan fingerprint density at radius 2 is 1.88 bits per heavy atom. The van der Waals surface area contributed by atoms with Crippen molar-refractivity contribution in [3.63, 3.8) is 0 Å². The normalized spacial score (nSPS) is 10.8. The molecule has 3 heterocycles. The smallest absolute Gasteiger partial charge is 0.257 e. The number of fused-ring (bicyclic) bond motifs is 1. The SMILES string of the molecule is Cc1ccc(C(=O)Nc2c(Cl)cncc2Cl)c2cc(C(=O)S)nn12. The maximum Gasteiger partial charge on any atom is 0.257 e. The first kappa shape index (κ1) is 16.8. The average Bonchev–Trinajstić information content (AvgIpc) is 2.97. The highest BCUT2D eigenvalue weighted by molar-refractivity contribution is 7.97. The molecule has 0 unspecified atom stereocenters. The van der Waals surface area contributed by atoms with Crippen LogP contribution in [0, 0.1) is 6.92 Å². The first-order chi connectivity index (χ1) is 11.4. The number of nitrogens with zero attached hydrogens (tertiary/aromatic N) is 3. The van der Waals surface area contributed by atoms with Crippen LogP contribution >= 0.6 is 35.8 Å². The molecule has 9 heteroatoms. The molecule has 0 fully saturated rings. The van der Waals surface area contributed by atoms with Crippen molar-refractivity contribution in [1.29, 1.82) is 0 Å². The minimum Gasteiger partial charge on any atom is -0.319 e. The first-order valence-electron chi connectivity index (χ1n) is 6.71. The molecule has 6 nitrogen and oxygen atoms in total. The minimum atomic E-state index is -0.482. The average molecular weight is 381 g/mol. The minimum absolute atomic E-state index is 0.154. The summed E-state index contributed by atoms with van der Waals surface area (Å²) in [6.07, 6.45) is 2.76. The number of aryl methyl sites for hydroxylation is 1. The van der Waals surface area contributed by atoms with E-state index in [0.29, 0.717) is 11.1 Å². The van der Waals surface area contributed by atoms with Gasteiger partial charge in [-0.2, -0.15) is 5.10 Å². The molecule has 0 aliphatic rings. The van der Waals surface area contributed by atoms with Gasteiger partial charge in [-0.15, -0.1) is 0 Å². The van der Waals surface area contributed by atoms with Crippen LogP contribution in [0.15, 0.2) is 30.6 Å². The molecule has 0 aliphatic carbocycles. The lowest BCUT2D eigenvalue weighted by molar-refractivity contribution is 0.102. The van der Waals surface area contributed by atoms with E-state index >= 15 is 0 Å². The zero-order valence-corrected chi connectivity index (χ0v) is 14.7. The number of pyridine rings is 2. The number of thiol groups is 1. The summed E-state index contributed by atoms with van der Waals surface area (Å²) in [5.41, 5.74) is 1.98. The quantitative estimate of drug-likeness (QED) is 0.679. The molecule has 0 atom stereocenters. The van der Waals surface area contributed by atoms with Gasteiger partial charge in [-0.25, -0.2) is 4.52 Å². The molecule has 0 bridgehead atoms. The highest BCUT2D eigenvalue weighted by Crippen LogP contribution is 2.29. The van der Waals surface area contributed by atoms with E-state index < -0.39 is 11.0 Å². The third kappa shape index (κ3) is 2.98. The number of rotatable bonds is 3. The van der Waals surface area contributed by atoms with Crippen molar-refractivity contribution in [2.24, 2.45) is 0 Å². The van der Waals surface area contributed by atoms with Gasteiger partial charge in [0.25, 0.3) is 5.91 Å². The van der Waals surface area contributed by atoms with Crippen LogP contribution in [-0.2, 0) is 0 Å². The number of anilines is 1. The highest BCUT2D eigenvalue weighted by atomic mass is 35.5. The molecule has 0 saturated heterocycles. The van der Waals surface area contributed by atoms with Crippen molar-refractivity contribution in [3.05, 3.63) is 57.6 Å². The Hall–Kier alpha value is -2.09. The Kier molecular flexibility index (Phi) is 4.49. The van der Waals surface area contributed by atoms with Crippen LogP contribution in [0.5, 0.6) is 0 Å². The van der Waals surface area contributed by atoms with Crippen LogP contribution < -0.4 is 5.32 Å². The summed E-state index contributed by atoms with van der Waals surface area (Å²) in [5, 5.41) is 6.76. The van der Waals surface area contributed by atoms with Gasteiger partial charge in [0.1, 0.15) is 5.69 Å². The fourth-order valence-electron chi connectivity index (χ4n) is 2.21. The monoisotopic (exact) mass is 380 g/mol. The van der Waals surface area contributed by atoms with Gasteiger partial charge in [0, 0.05) is 18.1 Å². The Balaban J connectivity index is 2.07. The fourth-order valence-corrected chi connectivity index (χ4v) is 2.78. The van der Waals surface area contributed by atoms with Crippen LogP contribution in [0.2, 0.25) is 10.0 Å². The summed E-state index contributed by atoms with van der Waals surface area (Å²) in [4.78, 5) is 27.9. The second-order valence-electron chi connectivity index (χ2n) is 4.95. The number of carbonyl (C=O) groups is 2. The summed E-state index contributed by atoms with van der Waals surface area (Å²) in [5.74, 6) is -0.437. The molecule has 0 saturated carbocycles. The molecule has 1 N–H and O–H groups in total. The largest absolute Gasteiger partial charge is 0.319 e. The van der Waals surface area contributed by atoms with Crippen LogP contribution in [0.25, 0.3) is 5.52 Å². The predicted molar refractivity (Wildman–Crippen MR) is 95.5 cm³/mol. The molecule has 122 valence electrons. The van der Waals surface area contributed by atoms with Gasteiger partial charge in [0.15, 0.2) is 0 Å². The number of hydrogen-bond acceptors (Lipinski definition) is 4. The number of halogens is 2. The summed E-state index contributed by atoms with van der Waals surface area (Å²) < 4.78 is 1.51. The van der Waals surface area contributed by atoms with Crippen LogP contribution in [0.4, 0.5) is 5.69 Å². The lowest BCUT2D eigenvalue weighted by atomic mass is 10.2. The van der Waals surface area contributed by atoms with E-state index in [1.807, 2.05) is 6.92 Å². The topological polar surface area (TPSA) is 76.4 Å². The van der Waals surface area contributed by atoms with E-state index in [-0.39, 0.29) is 21.4 Å². The van der Waals surface area contributed by atoms with Gasteiger partial charge >= 0.3 is 0 Å². The lowest BCUT2D eigenvalue weighted by Crippen LogP contribution is -2.14. The number of hydrogen-bond donors (Lipinski definition) is 2. The van der Waals surface area contributed by atoms with Crippen molar-refractivity contribution in [1.82, 2.24) is 14.6 Å². The Bertz CT molecular complexity index is 967. The first-order valence-corrected chi connectivity index (χ1v) is 7.92. The van der Waals surface area contributed by atoms with E-state index in [1.165, 1.54) is 23.0 Å². The van der Waals surface area contributed by atoms with E-state index in [9.17, 15) is 9.59 Å². The van der Waals surface area contributed by atoms with Crippen LogP contribution in [-0.4, -0.2) is 25.6 Å². The van der Waals surface area contributed by atoms with E-state index in [4.69, 9.17) is 23.2 Å². The van der Waals surface area contributed by atoms with Crippen molar-refractivity contribution in [2.45, 2.75) is 6.92 Å². The predicted octanol–water partition coefficient (Wildman–Crippen LogP) is 3.67. The maximum atomic E-state index is 12.6. The third-order valence-electron chi connectivity index (χ3n) is 3.37. The van der Waals surface area contributed by atoms with Gasteiger partial charge in [-0.3, -0.25) is 14.6 Å². The molecule has 0 radical (unpaired) electrons. The molecular formula is C15H10Cl2N4O2S. The number of nitrogens with one attached hydrogen (secondary N) is 1. The second kappa shape index (κ2) is 6.43. The molecule has 3 aromatic rings. The third-order valence-corrected chi connectivity index (χ3v) is 4.17. The molecule has 3 aromatic heterocycles. The Labute approximate surface area is 152 Å². The van der Waals surface area contributed by atoms with Crippen LogP contribution in [0.1, 0.15) is 26.5 Å². The lowest BCUT2D eigenvalue weighted by Gasteiger charge is -2.10. The Morgan fingerprint density at radius 3 is 2.50 bits per heavy atom. The van der Waals surface area contributed by atoms with Crippen molar-refractivity contribution >= 4 is 58.1 Å². The second-order valence-corrected chi connectivity index (χ2v) is 6.17. The van der Waals surface area contributed by atoms with Gasteiger partial charge in [0.05, 0.1) is 26.8 Å². The number of amides is 1. The number of aromatic nitrogens is 3. The van der Waals surface area contributed by atoms with Gasteiger partial charge in [-0.1, -0.05) is 35.8 Å². The molecule has 0 aliphatic heterocycles. The molecule has 1 amide bonds. The maximum absolute atomic E-state index is 12.6. The van der Waals surface area contributed by atoms with E-state index in [0.717, 1.165) is 5.69 Å². The van der Waals surface area contributed by atoms with E-state index in [2.05, 4.69) is 28.0 Å². The fraction of sp³-hybridized carbons (Fsp3) is 0.0667. The van der Waals surface area contributed by atoms with Crippen molar-refractivity contribution < 1.29 is 9.59 Å². The summed E-state index contributed by atoms with van der Waals surface area (Å²) >= 11 is 15.8. The molecule has 0 aromatic carbocycles. The molecule has 3 rings (SSSR count). The van der Waals surface area contributed by atoms with E-state index in [1.54, 1.807) is 12.1 Å². The standard InChI is InChI=1S/C15H10Cl2N4O2S/c1-7-2-3-8(12-4-11(15(23)24)20-21(7)12)14(22)19-13-9(16)5-18-6-10(13)17/h2-6H,1H3,(H,23,24)(H,18,19,22). The van der Waals surface area contributed by atoms with Crippen molar-refractivity contribution in [2.75, 3.05) is 5.32 Å². The summed E-state index contributed by atoms with van der Waals surface area (Å²) in [6.45, 7) is 1.81. The van der Waals surface area contributed by atoms with Crippen molar-refractivity contribution in [3.8, 4) is 0 Å². The zero-order valence-electron chi connectivity index (χ0n) is 12.2. The van der Waals surface area contributed by atoms with Gasteiger partial charge in [-0.05, 0) is 25.1 Å². The summed E-state index contributed by atoms with van der Waals surface area (Å²) in [6, 6.07) is 4.86. The molecular weight excluding hydrogens is 371 g/mol. The van der Waals surface area contributed by atoms with Gasteiger partial charge < -0.3 is 5.32 Å². The summed E-state index contributed by atoms with van der Waals surface area (Å²) in [7, 11) is 0.